The highest BCUT2D eigenvalue weighted by Crippen LogP contribution is 2.32. The lowest BCUT2D eigenvalue weighted by atomic mass is 10.1. The van der Waals surface area contributed by atoms with Gasteiger partial charge in [-0.1, -0.05) is 72.8 Å². The standard InChI is InChI=1S/C30H26O4S2/c1-21(33-35(31)15-7-13-27-17-23-9-3-5-11-25(23)19-29(27)35)22(2)34-36(32)16-8-14-28-18-24-10-4-6-12-26(24)20-30(28)36/h3-22H,1-2H3. The Morgan fingerprint density at radius 1 is 0.583 bits per heavy atom. The van der Waals surface area contributed by atoms with E-state index < -0.39 is 31.8 Å². The van der Waals surface area contributed by atoms with Gasteiger partial charge in [-0.25, -0.2) is 8.42 Å². The molecule has 2 heterocycles. The summed E-state index contributed by atoms with van der Waals surface area (Å²) < 4.78 is 40.5. The zero-order valence-electron chi connectivity index (χ0n) is 20.0. The van der Waals surface area contributed by atoms with Crippen LogP contribution in [0.1, 0.15) is 25.0 Å². The Bertz CT molecular complexity index is 1700. The van der Waals surface area contributed by atoms with Crippen molar-refractivity contribution in [2.75, 3.05) is 0 Å². The van der Waals surface area contributed by atoms with Crippen LogP contribution in [0.2, 0.25) is 0 Å². The van der Waals surface area contributed by atoms with Gasteiger partial charge in [-0.05, 0) is 70.8 Å². The lowest BCUT2D eigenvalue weighted by molar-refractivity contribution is 0.0974. The molecule has 4 atom stereocenters. The molecular weight excluding hydrogens is 488 g/mol. The van der Waals surface area contributed by atoms with Gasteiger partial charge in [0.15, 0.2) is 0 Å². The lowest BCUT2D eigenvalue weighted by Gasteiger charge is -2.27. The molecule has 2 aliphatic heterocycles. The monoisotopic (exact) mass is 514 g/mol. The van der Waals surface area contributed by atoms with E-state index in [1.54, 1.807) is 22.9 Å². The number of benzene rings is 4. The molecular formula is C30H26O4S2. The molecule has 2 aliphatic rings. The molecule has 0 fully saturated rings. The van der Waals surface area contributed by atoms with Gasteiger partial charge in [0.05, 0.1) is 22.0 Å². The minimum Gasteiger partial charge on any atom is -0.288 e. The number of allylic oxidation sites excluding steroid dienone is 2. The van der Waals surface area contributed by atoms with Crippen molar-refractivity contribution in [1.82, 2.24) is 0 Å². The molecule has 4 aromatic carbocycles. The molecule has 0 bridgehead atoms. The van der Waals surface area contributed by atoms with Crippen LogP contribution in [0.5, 0.6) is 0 Å². The third-order valence-corrected chi connectivity index (χ3v) is 10.8. The molecule has 6 rings (SSSR count). The van der Waals surface area contributed by atoms with Gasteiger partial charge in [-0.3, -0.25) is 8.37 Å². The maximum Gasteiger partial charge on any atom is 0.114 e. The summed E-state index contributed by atoms with van der Waals surface area (Å²) in [7, 11) is -5.89. The Balaban J connectivity index is 1.30. The first-order valence-electron chi connectivity index (χ1n) is 11.9. The Morgan fingerprint density at radius 3 is 1.33 bits per heavy atom. The van der Waals surface area contributed by atoms with Gasteiger partial charge in [0, 0.05) is 10.7 Å². The van der Waals surface area contributed by atoms with E-state index in [2.05, 4.69) is 0 Å². The van der Waals surface area contributed by atoms with E-state index >= 15 is 0 Å². The summed E-state index contributed by atoms with van der Waals surface area (Å²) in [5.41, 5.74) is 1.75. The summed E-state index contributed by atoms with van der Waals surface area (Å²) in [6, 6.07) is 23.9. The zero-order chi connectivity index (χ0) is 24.9. The second-order valence-corrected chi connectivity index (χ2v) is 13.1. The van der Waals surface area contributed by atoms with Gasteiger partial charge in [-0.2, -0.15) is 0 Å². The molecule has 0 saturated heterocycles. The summed E-state index contributed by atoms with van der Waals surface area (Å²) in [6.45, 7) is 3.62. The van der Waals surface area contributed by atoms with Crippen LogP contribution in [-0.4, -0.2) is 31.4 Å². The fourth-order valence-corrected chi connectivity index (χ4v) is 8.55. The van der Waals surface area contributed by atoms with Crippen molar-refractivity contribution in [1.29, 1.82) is 0 Å². The van der Waals surface area contributed by atoms with Crippen LogP contribution >= 0.6 is 0 Å². The molecule has 0 amide bonds. The van der Waals surface area contributed by atoms with Gasteiger partial charge in [0.1, 0.15) is 19.6 Å². The molecule has 0 spiro atoms. The van der Waals surface area contributed by atoms with E-state index in [0.717, 1.165) is 32.7 Å². The summed E-state index contributed by atoms with van der Waals surface area (Å²) >= 11 is 0. The van der Waals surface area contributed by atoms with Crippen molar-refractivity contribution in [2.45, 2.75) is 35.8 Å². The first-order valence-corrected chi connectivity index (χ1v) is 15.0. The third-order valence-electron chi connectivity index (χ3n) is 6.69. The highest BCUT2D eigenvalue weighted by atomic mass is 32.2. The molecule has 0 saturated carbocycles. The highest BCUT2D eigenvalue weighted by molar-refractivity contribution is 7.97. The predicted octanol–water partition coefficient (Wildman–Crippen LogP) is 6.28. The van der Waals surface area contributed by atoms with Crippen LogP contribution in [0.25, 0.3) is 33.7 Å². The molecule has 4 aromatic rings. The smallest absolute Gasteiger partial charge is 0.114 e. The lowest BCUT2D eigenvalue weighted by Crippen LogP contribution is -2.32. The predicted molar refractivity (Wildman–Crippen MR) is 152 cm³/mol. The fraction of sp³-hybridized carbons (Fsp3) is 0.133. The minimum absolute atomic E-state index is 0.582. The summed E-state index contributed by atoms with van der Waals surface area (Å²) in [6.07, 6.45) is 6.28. The average molecular weight is 515 g/mol. The molecule has 0 radical (unpaired) electrons. The van der Waals surface area contributed by atoms with Crippen LogP contribution in [0.15, 0.2) is 94.7 Å². The van der Waals surface area contributed by atoms with Crippen molar-refractivity contribution >= 4 is 64.0 Å². The van der Waals surface area contributed by atoms with Gasteiger partial charge >= 0.3 is 0 Å². The van der Waals surface area contributed by atoms with Crippen molar-refractivity contribution < 1.29 is 16.8 Å². The van der Waals surface area contributed by atoms with E-state index in [1.165, 1.54) is 0 Å². The molecule has 182 valence electrons. The number of fused-ring (bicyclic) bond motifs is 4. The van der Waals surface area contributed by atoms with E-state index in [-0.39, 0.29) is 0 Å². The van der Waals surface area contributed by atoms with Gasteiger partial charge in [-0.15, -0.1) is 0 Å². The first kappa shape index (κ1) is 23.3. The maximum absolute atomic E-state index is 14.0. The van der Waals surface area contributed by atoms with Crippen LogP contribution in [0.3, 0.4) is 0 Å². The Morgan fingerprint density at radius 2 is 0.944 bits per heavy atom. The Hall–Kier alpha value is -3.16. The van der Waals surface area contributed by atoms with Crippen LogP contribution in [-0.2, 0) is 28.0 Å². The van der Waals surface area contributed by atoms with E-state index in [0.29, 0.717) is 9.79 Å². The summed E-state index contributed by atoms with van der Waals surface area (Å²) in [5, 5.41) is 7.40. The van der Waals surface area contributed by atoms with Gasteiger partial charge in [0.25, 0.3) is 0 Å². The van der Waals surface area contributed by atoms with Crippen LogP contribution in [0.4, 0.5) is 0 Å². The van der Waals surface area contributed by atoms with E-state index in [1.807, 2.05) is 98.8 Å². The number of hydrogen-bond donors (Lipinski definition) is 0. The highest BCUT2D eigenvalue weighted by Gasteiger charge is 2.28. The van der Waals surface area contributed by atoms with E-state index in [4.69, 9.17) is 8.37 Å². The van der Waals surface area contributed by atoms with Gasteiger partial charge < -0.3 is 0 Å². The first-order chi connectivity index (χ1) is 17.3. The Labute approximate surface area is 212 Å². The molecule has 4 unspecified atom stereocenters. The van der Waals surface area contributed by atoms with Crippen molar-refractivity contribution in [2.24, 2.45) is 0 Å². The quantitative estimate of drug-likeness (QED) is 0.294. The fourth-order valence-electron chi connectivity index (χ4n) is 4.64. The average Bonchev–Trinajstić information content (AvgIpc) is 2.87. The van der Waals surface area contributed by atoms with Crippen molar-refractivity contribution in [3.63, 3.8) is 0 Å². The Kier molecular flexibility index (Phi) is 5.65. The molecule has 0 N–H and O–H groups in total. The van der Waals surface area contributed by atoms with Gasteiger partial charge in [0.2, 0.25) is 0 Å². The van der Waals surface area contributed by atoms with E-state index in [9.17, 15) is 8.42 Å². The maximum atomic E-state index is 14.0. The van der Waals surface area contributed by atoms with Crippen molar-refractivity contribution in [3.8, 4) is 0 Å². The molecule has 6 heteroatoms. The van der Waals surface area contributed by atoms with Crippen LogP contribution < -0.4 is 0 Å². The second-order valence-electron chi connectivity index (χ2n) is 9.16. The van der Waals surface area contributed by atoms with Crippen molar-refractivity contribution in [3.05, 3.63) is 96.1 Å². The molecule has 0 aliphatic carbocycles. The SMILES string of the molecule is CC(OS1(=O)=CC=Cc2cc3ccccc3cc21)C(C)OS1(=O)=CC=Cc2cc3ccccc3cc21. The molecule has 36 heavy (non-hydrogen) atoms. The molecule has 4 nitrogen and oxygen atoms in total. The summed E-state index contributed by atoms with van der Waals surface area (Å²) in [5.74, 6) is 0. The summed E-state index contributed by atoms with van der Waals surface area (Å²) in [4.78, 5) is 1.30. The zero-order valence-corrected chi connectivity index (χ0v) is 21.6. The molecule has 0 aromatic heterocycles. The second kappa shape index (κ2) is 8.75. The third kappa shape index (κ3) is 4.00. The number of hydrogen-bond acceptors (Lipinski definition) is 4. The number of rotatable bonds is 5. The van der Waals surface area contributed by atoms with Crippen LogP contribution in [0, 0.1) is 0 Å². The largest absolute Gasteiger partial charge is 0.288 e. The topological polar surface area (TPSA) is 52.6 Å². The minimum atomic E-state index is -2.94. The normalized spacial score (nSPS) is 23.9.